The molecule has 0 unspecified atom stereocenters. The molecule has 7 nitrogen and oxygen atoms in total. The molecule has 1 aromatic carbocycles. The number of aryl methyl sites for hydroxylation is 1. The molecule has 3 aromatic heterocycles. The summed E-state index contributed by atoms with van der Waals surface area (Å²) in [6.45, 7) is 0.366. The summed E-state index contributed by atoms with van der Waals surface area (Å²) in [4.78, 5) is 21.2. The van der Waals surface area contributed by atoms with E-state index in [1.165, 1.54) is 0 Å². The summed E-state index contributed by atoms with van der Waals surface area (Å²) in [6, 6.07) is 11.4. The third-order valence-corrected chi connectivity index (χ3v) is 4.54. The van der Waals surface area contributed by atoms with E-state index in [9.17, 15) is 4.79 Å². The highest BCUT2D eigenvalue weighted by Gasteiger charge is 2.15. The lowest BCUT2D eigenvalue weighted by molar-refractivity contribution is 0.0943. The first-order valence-electron chi connectivity index (χ1n) is 8.51. The van der Waals surface area contributed by atoms with E-state index in [0.717, 1.165) is 28.0 Å². The molecule has 0 saturated heterocycles. The van der Waals surface area contributed by atoms with Gasteiger partial charge in [0.2, 0.25) is 0 Å². The Morgan fingerprint density at radius 2 is 2.11 bits per heavy atom. The third kappa shape index (κ3) is 3.15. The number of imidazole rings is 1. The Balaban J connectivity index is 1.57. The molecule has 0 aliphatic carbocycles. The summed E-state index contributed by atoms with van der Waals surface area (Å²) in [5, 5.41) is 3.97. The summed E-state index contributed by atoms with van der Waals surface area (Å²) in [7, 11) is 3.50. The molecule has 1 amide bonds. The van der Waals surface area contributed by atoms with Crippen LogP contribution in [0.25, 0.3) is 16.7 Å². The number of nitrogens with zero attached hydrogens (tertiary/aromatic N) is 4. The van der Waals surface area contributed by atoms with Crippen molar-refractivity contribution < 1.29 is 9.53 Å². The predicted octanol–water partition coefficient (Wildman–Crippen LogP) is 2.70. The Morgan fingerprint density at radius 3 is 2.89 bits per heavy atom. The number of fused-ring (bicyclic) bond motifs is 1. The number of ether oxygens (including phenoxy) is 1. The van der Waals surface area contributed by atoms with Gasteiger partial charge in [-0.3, -0.25) is 9.36 Å². The minimum Gasteiger partial charge on any atom is -0.497 e. The molecular weight excluding hydrogens is 342 g/mol. The van der Waals surface area contributed by atoms with Crippen LogP contribution in [0.5, 0.6) is 5.75 Å². The number of hydrogen-bond acceptors (Lipinski definition) is 4. The Hall–Kier alpha value is -3.61. The average molecular weight is 361 g/mol. The summed E-state index contributed by atoms with van der Waals surface area (Å²) in [6.07, 6.45) is 6.93. The Morgan fingerprint density at radius 1 is 1.22 bits per heavy atom. The second kappa shape index (κ2) is 6.95. The van der Waals surface area contributed by atoms with Gasteiger partial charge < -0.3 is 14.6 Å². The summed E-state index contributed by atoms with van der Waals surface area (Å²) >= 11 is 0. The van der Waals surface area contributed by atoms with Crippen LogP contribution in [-0.2, 0) is 13.6 Å². The van der Waals surface area contributed by atoms with Gasteiger partial charge in [-0.2, -0.15) is 0 Å². The summed E-state index contributed by atoms with van der Waals surface area (Å²) in [5.74, 6) is 1.36. The molecule has 0 bridgehead atoms. The Kier molecular flexibility index (Phi) is 4.33. The molecule has 0 aliphatic heterocycles. The van der Waals surface area contributed by atoms with Gasteiger partial charge in [0.1, 0.15) is 23.6 Å². The van der Waals surface area contributed by atoms with E-state index in [4.69, 9.17) is 4.74 Å². The van der Waals surface area contributed by atoms with E-state index >= 15 is 0 Å². The Bertz CT molecular complexity index is 1100. The summed E-state index contributed by atoms with van der Waals surface area (Å²) in [5.41, 5.74) is 2.44. The standard InChI is InChI=1S/C20H19N5O2/c1-24-17-11-16(27-2)6-5-14(17)10-18(24)20(26)23-12-15-4-3-7-22-19(15)25-9-8-21-13-25/h3-11,13H,12H2,1-2H3,(H,23,26). The maximum atomic E-state index is 12.8. The fraction of sp³-hybridized carbons (Fsp3) is 0.150. The van der Waals surface area contributed by atoms with Gasteiger partial charge in [-0.1, -0.05) is 6.07 Å². The van der Waals surface area contributed by atoms with Gasteiger partial charge in [-0.05, 0) is 24.3 Å². The fourth-order valence-electron chi connectivity index (χ4n) is 3.11. The topological polar surface area (TPSA) is 74.0 Å². The van der Waals surface area contributed by atoms with Crippen LogP contribution < -0.4 is 10.1 Å². The van der Waals surface area contributed by atoms with Gasteiger partial charge in [-0.15, -0.1) is 0 Å². The van der Waals surface area contributed by atoms with Crippen molar-refractivity contribution in [2.24, 2.45) is 7.05 Å². The number of methoxy groups -OCH3 is 1. The van der Waals surface area contributed by atoms with E-state index in [2.05, 4.69) is 15.3 Å². The van der Waals surface area contributed by atoms with Crippen molar-refractivity contribution in [2.45, 2.75) is 6.54 Å². The van der Waals surface area contributed by atoms with Crippen molar-refractivity contribution in [3.05, 3.63) is 72.6 Å². The van der Waals surface area contributed by atoms with E-state index in [-0.39, 0.29) is 5.91 Å². The number of rotatable bonds is 5. The molecule has 136 valence electrons. The molecule has 0 spiro atoms. The quantitative estimate of drug-likeness (QED) is 0.593. The number of pyridine rings is 1. The van der Waals surface area contributed by atoms with Gasteiger partial charge in [0.05, 0.1) is 12.6 Å². The van der Waals surface area contributed by atoms with Crippen LogP contribution in [0.15, 0.2) is 61.3 Å². The monoisotopic (exact) mass is 361 g/mol. The second-order valence-corrected chi connectivity index (χ2v) is 6.15. The number of amides is 1. The zero-order chi connectivity index (χ0) is 18.8. The molecule has 27 heavy (non-hydrogen) atoms. The molecule has 4 rings (SSSR count). The molecule has 0 saturated carbocycles. The van der Waals surface area contributed by atoms with Crippen molar-refractivity contribution in [2.75, 3.05) is 7.11 Å². The lowest BCUT2D eigenvalue weighted by Gasteiger charge is -2.10. The number of carbonyl (C=O) groups excluding carboxylic acids is 1. The lowest BCUT2D eigenvalue weighted by atomic mass is 10.2. The fourth-order valence-corrected chi connectivity index (χ4v) is 3.11. The molecule has 7 heteroatoms. The molecule has 4 aromatic rings. The molecule has 1 N–H and O–H groups in total. The number of hydrogen-bond donors (Lipinski definition) is 1. The molecule has 0 aliphatic rings. The number of benzene rings is 1. The maximum Gasteiger partial charge on any atom is 0.268 e. The average Bonchev–Trinajstić information content (AvgIpc) is 3.34. The molecular formula is C20H19N5O2. The number of carbonyl (C=O) groups is 1. The van der Waals surface area contributed by atoms with Gasteiger partial charge in [0.15, 0.2) is 0 Å². The van der Waals surface area contributed by atoms with Crippen LogP contribution in [0.1, 0.15) is 16.1 Å². The third-order valence-electron chi connectivity index (χ3n) is 4.54. The van der Waals surface area contributed by atoms with Crippen molar-refractivity contribution in [3.63, 3.8) is 0 Å². The summed E-state index contributed by atoms with van der Waals surface area (Å²) < 4.78 is 8.96. The van der Waals surface area contributed by atoms with Crippen molar-refractivity contribution >= 4 is 16.8 Å². The maximum absolute atomic E-state index is 12.8. The molecule has 0 atom stereocenters. The van der Waals surface area contributed by atoms with E-state index in [1.54, 1.807) is 25.8 Å². The van der Waals surface area contributed by atoms with E-state index in [1.807, 2.05) is 58.8 Å². The highest BCUT2D eigenvalue weighted by atomic mass is 16.5. The first-order chi connectivity index (χ1) is 13.2. The first kappa shape index (κ1) is 16.8. The highest BCUT2D eigenvalue weighted by molar-refractivity contribution is 5.99. The number of aromatic nitrogens is 4. The Labute approximate surface area is 156 Å². The van der Waals surface area contributed by atoms with E-state index < -0.39 is 0 Å². The minimum absolute atomic E-state index is 0.145. The van der Waals surface area contributed by atoms with Gasteiger partial charge in [0.25, 0.3) is 5.91 Å². The van der Waals surface area contributed by atoms with Crippen molar-refractivity contribution in [3.8, 4) is 11.6 Å². The van der Waals surface area contributed by atoms with Crippen LogP contribution in [0.2, 0.25) is 0 Å². The normalized spacial score (nSPS) is 10.9. The van der Waals surface area contributed by atoms with Crippen molar-refractivity contribution in [1.82, 2.24) is 24.4 Å². The van der Waals surface area contributed by atoms with Gasteiger partial charge in [-0.25, -0.2) is 9.97 Å². The molecule has 0 radical (unpaired) electrons. The zero-order valence-electron chi connectivity index (χ0n) is 15.1. The SMILES string of the molecule is COc1ccc2cc(C(=O)NCc3cccnc3-n3ccnc3)n(C)c2c1. The highest BCUT2D eigenvalue weighted by Crippen LogP contribution is 2.23. The van der Waals surface area contributed by atoms with Gasteiger partial charge in [0, 0.05) is 49.2 Å². The van der Waals surface area contributed by atoms with Crippen LogP contribution >= 0.6 is 0 Å². The van der Waals surface area contributed by atoms with Gasteiger partial charge >= 0.3 is 0 Å². The largest absolute Gasteiger partial charge is 0.497 e. The van der Waals surface area contributed by atoms with E-state index in [0.29, 0.717) is 12.2 Å². The van der Waals surface area contributed by atoms with Crippen LogP contribution in [-0.4, -0.2) is 32.1 Å². The van der Waals surface area contributed by atoms with Crippen LogP contribution in [0, 0.1) is 0 Å². The number of nitrogens with one attached hydrogen (secondary N) is 1. The lowest BCUT2D eigenvalue weighted by Crippen LogP contribution is -2.25. The smallest absolute Gasteiger partial charge is 0.268 e. The zero-order valence-corrected chi connectivity index (χ0v) is 15.1. The minimum atomic E-state index is -0.145. The first-order valence-corrected chi connectivity index (χ1v) is 8.51. The van der Waals surface area contributed by atoms with Crippen LogP contribution in [0.4, 0.5) is 0 Å². The predicted molar refractivity (Wildman–Crippen MR) is 102 cm³/mol. The van der Waals surface area contributed by atoms with Crippen molar-refractivity contribution in [1.29, 1.82) is 0 Å². The molecule has 0 fully saturated rings. The second-order valence-electron chi connectivity index (χ2n) is 6.15. The molecule has 3 heterocycles. The van der Waals surface area contributed by atoms with Crippen LogP contribution in [0.3, 0.4) is 0 Å².